The number of hydrogen-bond acceptors (Lipinski definition) is 6. The lowest BCUT2D eigenvalue weighted by Gasteiger charge is -2.23. The first-order chi connectivity index (χ1) is 11.6. The minimum atomic E-state index is -3.10. The molecule has 1 atom stereocenters. The minimum Gasteiger partial charge on any atom is -0.455 e. The number of nitrogens with one attached hydrogen (secondary N) is 1. The lowest BCUT2D eigenvalue weighted by Crippen LogP contribution is -2.48. The molecule has 2 rings (SSSR count). The molecule has 1 aromatic carbocycles. The maximum atomic E-state index is 11.9. The molecule has 0 spiro atoms. The predicted molar refractivity (Wildman–Crippen MR) is 97.4 cm³/mol. The average molecular weight is 386 g/mol. The van der Waals surface area contributed by atoms with E-state index in [4.69, 9.17) is 4.74 Å². The van der Waals surface area contributed by atoms with Gasteiger partial charge in [0.05, 0.1) is 22.8 Å². The molecule has 1 N–H and O–H groups in total. The summed E-state index contributed by atoms with van der Waals surface area (Å²) in [5, 5.41) is 2.65. The number of ether oxygens (including phenoxy) is 1. The van der Waals surface area contributed by atoms with Gasteiger partial charge in [-0.1, -0.05) is 17.7 Å². The Morgan fingerprint density at radius 1 is 1.32 bits per heavy atom. The predicted octanol–water partition coefficient (Wildman–Crippen LogP) is 1.63. The Labute approximate surface area is 152 Å². The zero-order valence-corrected chi connectivity index (χ0v) is 16.3. The second-order valence-electron chi connectivity index (χ2n) is 6.67. The normalized spacial score (nSPS) is 21.7. The fraction of sp³-hybridized carbons (Fsp3) is 0.529. The number of rotatable bonds is 6. The van der Waals surface area contributed by atoms with Crippen molar-refractivity contribution < 1.29 is 22.7 Å². The van der Waals surface area contributed by atoms with Gasteiger partial charge in [-0.2, -0.15) is 0 Å². The summed E-state index contributed by atoms with van der Waals surface area (Å²) >= 11 is 1.36. The van der Waals surface area contributed by atoms with Crippen LogP contribution in [0.3, 0.4) is 0 Å². The summed E-state index contributed by atoms with van der Waals surface area (Å²) in [4.78, 5) is 24.7. The molecule has 1 saturated heterocycles. The maximum absolute atomic E-state index is 11.9. The molecule has 25 heavy (non-hydrogen) atoms. The number of aryl methyl sites for hydroxylation is 2. The first kappa shape index (κ1) is 19.8. The van der Waals surface area contributed by atoms with Crippen LogP contribution in [0.15, 0.2) is 23.1 Å². The molecule has 0 bridgehead atoms. The summed E-state index contributed by atoms with van der Waals surface area (Å²) in [7, 11) is -3.10. The summed E-state index contributed by atoms with van der Waals surface area (Å²) in [6.45, 7) is 5.27. The van der Waals surface area contributed by atoms with Crippen molar-refractivity contribution in [1.29, 1.82) is 0 Å². The minimum absolute atomic E-state index is 0.0656. The molecule has 138 valence electrons. The topological polar surface area (TPSA) is 89.5 Å². The van der Waals surface area contributed by atoms with Crippen LogP contribution in [0.25, 0.3) is 0 Å². The number of benzene rings is 1. The van der Waals surface area contributed by atoms with Gasteiger partial charge in [-0.05, 0) is 38.8 Å². The average Bonchev–Trinajstić information content (AvgIpc) is 2.77. The van der Waals surface area contributed by atoms with Crippen LogP contribution in [0, 0.1) is 13.8 Å². The number of sulfone groups is 1. The smallest absolute Gasteiger partial charge is 0.316 e. The van der Waals surface area contributed by atoms with Crippen molar-refractivity contribution >= 4 is 33.5 Å². The first-order valence-electron chi connectivity index (χ1n) is 7.96. The van der Waals surface area contributed by atoms with Crippen LogP contribution in [0.2, 0.25) is 0 Å². The largest absolute Gasteiger partial charge is 0.455 e. The number of hydrogen-bond donors (Lipinski definition) is 1. The van der Waals surface area contributed by atoms with E-state index in [1.54, 1.807) is 6.92 Å². The Hall–Kier alpha value is -1.54. The SMILES string of the molecule is Cc1ccc(SCC(=O)OCC(=O)N[C@@]2(C)CCS(=O)(=O)C2)c(C)c1. The van der Waals surface area contributed by atoms with E-state index in [1.165, 1.54) is 11.8 Å². The Bertz CT molecular complexity index is 775. The van der Waals surface area contributed by atoms with E-state index < -0.39 is 33.9 Å². The Morgan fingerprint density at radius 2 is 2.04 bits per heavy atom. The van der Waals surface area contributed by atoms with Crippen molar-refractivity contribution in [2.75, 3.05) is 23.9 Å². The van der Waals surface area contributed by atoms with Gasteiger partial charge >= 0.3 is 5.97 Å². The molecule has 1 aliphatic rings. The highest BCUT2D eigenvalue weighted by atomic mass is 32.2. The van der Waals surface area contributed by atoms with E-state index in [0.717, 1.165) is 16.0 Å². The van der Waals surface area contributed by atoms with E-state index in [0.29, 0.717) is 6.42 Å². The molecule has 8 heteroatoms. The lowest BCUT2D eigenvalue weighted by atomic mass is 10.0. The summed E-state index contributed by atoms with van der Waals surface area (Å²) < 4.78 is 28.0. The van der Waals surface area contributed by atoms with Gasteiger partial charge in [0, 0.05) is 4.90 Å². The second-order valence-corrected chi connectivity index (χ2v) is 9.87. The first-order valence-corrected chi connectivity index (χ1v) is 10.8. The van der Waals surface area contributed by atoms with E-state index in [2.05, 4.69) is 5.32 Å². The lowest BCUT2D eigenvalue weighted by molar-refractivity contribution is -0.146. The monoisotopic (exact) mass is 385 g/mol. The molecular weight excluding hydrogens is 362 g/mol. The Balaban J connectivity index is 1.75. The van der Waals surface area contributed by atoms with Crippen molar-refractivity contribution in [3.05, 3.63) is 29.3 Å². The van der Waals surface area contributed by atoms with Gasteiger partial charge in [-0.15, -0.1) is 11.8 Å². The van der Waals surface area contributed by atoms with Crippen molar-refractivity contribution in [1.82, 2.24) is 5.32 Å². The third-order valence-corrected chi connectivity index (χ3v) is 7.04. The summed E-state index contributed by atoms with van der Waals surface area (Å²) in [6.07, 6.45) is 0.373. The Morgan fingerprint density at radius 3 is 2.64 bits per heavy atom. The number of thioether (sulfide) groups is 1. The number of amides is 1. The molecule has 6 nitrogen and oxygen atoms in total. The van der Waals surface area contributed by atoms with Gasteiger partial charge in [-0.25, -0.2) is 8.42 Å². The van der Waals surface area contributed by atoms with E-state index >= 15 is 0 Å². The van der Waals surface area contributed by atoms with Crippen LogP contribution in [-0.2, 0) is 24.2 Å². The zero-order chi connectivity index (χ0) is 18.7. The van der Waals surface area contributed by atoms with E-state index in [-0.39, 0.29) is 17.3 Å². The molecule has 1 fully saturated rings. The third-order valence-electron chi connectivity index (χ3n) is 3.98. The van der Waals surface area contributed by atoms with E-state index in [9.17, 15) is 18.0 Å². The van der Waals surface area contributed by atoms with Crippen molar-refractivity contribution in [3.63, 3.8) is 0 Å². The van der Waals surface area contributed by atoms with Crippen LogP contribution >= 0.6 is 11.8 Å². The van der Waals surface area contributed by atoms with Gasteiger partial charge in [0.1, 0.15) is 0 Å². The van der Waals surface area contributed by atoms with Crippen LogP contribution in [0.4, 0.5) is 0 Å². The van der Waals surface area contributed by atoms with Crippen LogP contribution < -0.4 is 5.32 Å². The number of carbonyl (C=O) groups is 2. The van der Waals surface area contributed by atoms with Gasteiger partial charge < -0.3 is 10.1 Å². The molecule has 1 aromatic rings. The zero-order valence-electron chi connectivity index (χ0n) is 14.6. The van der Waals surface area contributed by atoms with Crippen LogP contribution in [-0.4, -0.2) is 49.7 Å². The highest BCUT2D eigenvalue weighted by Gasteiger charge is 2.39. The molecule has 0 unspecified atom stereocenters. The fourth-order valence-electron chi connectivity index (χ4n) is 2.77. The molecular formula is C17H23NO5S2. The van der Waals surface area contributed by atoms with E-state index in [1.807, 2.05) is 32.0 Å². The summed E-state index contributed by atoms with van der Waals surface area (Å²) in [5.74, 6) is -0.866. The molecule has 0 radical (unpaired) electrons. The molecule has 1 amide bonds. The number of carbonyl (C=O) groups excluding carboxylic acids is 2. The quantitative estimate of drug-likeness (QED) is 0.591. The molecule has 0 aliphatic carbocycles. The molecule has 0 saturated carbocycles. The van der Waals surface area contributed by atoms with Gasteiger partial charge in [0.15, 0.2) is 16.4 Å². The van der Waals surface area contributed by atoms with Crippen molar-refractivity contribution in [3.8, 4) is 0 Å². The maximum Gasteiger partial charge on any atom is 0.316 e. The van der Waals surface area contributed by atoms with Crippen molar-refractivity contribution in [2.45, 2.75) is 37.6 Å². The number of esters is 1. The van der Waals surface area contributed by atoms with Gasteiger partial charge in [0.25, 0.3) is 5.91 Å². The molecule has 0 aromatic heterocycles. The highest BCUT2D eigenvalue weighted by Crippen LogP contribution is 2.24. The standard InChI is InChI=1S/C17H23NO5S2/c1-12-4-5-14(13(2)8-12)24-10-16(20)23-9-15(19)18-17(3)6-7-25(21,22)11-17/h4-5,8H,6-7,9-11H2,1-3H3,(H,18,19)/t17-/m0/s1. The van der Waals surface area contributed by atoms with Crippen LogP contribution in [0.1, 0.15) is 24.5 Å². The highest BCUT2D eigenvalue weighted by molar-refractivity contribution is 8.00. The second kappa shape index (κ2) is 7.78. The molecule has 1 heterocycles. The summed E-state index contributed by atoms with van der Waals surface area (Å²) in [5.41, 5.74) is 1.46. The molecule has 1 aliphatic heterocycles. The van der Waals surface area contributed by atoms with Crippen molar-refractivity contribution in [2.24, 2.45) is 0 Å². The van der Waals surface area contributed by atoms with Gasteiger partial charge in [-0.3, -0.25) is 9.59 Å². The fourth-order valence-corrected chi connectivity index (χ4v) is 5.67. The van der Waals surface area contributed by atoms with Gasteiger partial charge in [0.2, 0.25) is 0 Å². The Kier molecular flexibility index (Phi) is 6.16. The summed E-state index contributed by atoms with van der Waals surface area (Å²) in [6, 6.07) is 5.97. The van der Waals surface area contributed by atoms with Crippen LogP contribution in [0.5, 0.6) is 0 Å². The third kappa shape index (κ3) is 6.04.